The molecule has 0 heterocycles. The normalized spacial score (nSPS) is 11.4. The van der Waals surface area contributed by atoms with E-state index in [-0.39, 0.29) is 0 Å². The minimum atomic E-state index is 1.12. The van der Waals surface area contributed by atoms with E-state index >= 15 is 0 Å². The molecule has 0 bridgehead atoms. The van der Waals surface area contributed by atoms with E-state index in [4.69, 9.17) is 0 Å². The quantitative estimate of drug-likeness (QED) is 0.126. The van der Waals surface area contributed by atoms with Gasteiger partial charge in [-0.15, -0.1) is 0 Å². The van der Waals surface area contributed by atoms with E-state index in [2.05, 4.69) is 280 Å². The fraction of sp³-hybridized carbons (Fsp3) is 0.0588. The summed E-state index contributed by atoms with van der Waals surface area (Å²) in [5, 5.41) is 7.29. The van der Waals surface area contributed by atoms with Crippen molar-refractivity contribution in [2.24, 2.45) is 0 Å². The monoisotopic (exact) mass is 896 g/mol. The maximum absolute atomic E-state index is 2.48. The molecule has 334 valence electrons. The Bertz CT molecular complexity index is 3540. The molecule has 2 nitrogen and oxygen atoms in total. The average Bonchev–Trinajstić information content (AvgIpc) is 3.39. The van der Waals surface area contributed by atoms with Crippen LogP contribution in [0, 0.1) is 27.7 Å². The predicted molar refractivity (Wildman–Crippen MR) is 300 cm³/mol. The Kier molecular flexibility index (Phi) is 10.8. The molecule has 2 heteroatoms. The fourth-order valence-electron chi connectivity index (χ4n) is 10.9. The van der Waals surface area contributed by atoms with Gasteiger partial charge in [0.05, 0.1) is 11.4 Å². The van der Waals surface area contributed by atoms with Crippen LogP contribution in [0.5, 0.6) is 0 Å². The highest BCUT2D eigenvalue weighted by atomic mass is 15.2. The van der Waals surface area contributed by atoms with E-state index in [0.717, 1.165) is 34.1 Å². The first kappa shape index (κ1) is 42.6. The van der Waals surface area contributed by atoms with Gasteiger partial charge in [0.1, 0.15) is 0 Å². The highest BCUT2D eigenvalue weighted by Crippen LogP contribution is 2.53. The predicted octanol–water partition coefficient (Wildman–Crippen LogP) is 19.4. The van der Waals surface area contributed by atoms with E-state index < -0.39 is 0 Å². The Labute approximate surface area is 411 Å². The first-order chi connectivity index (χ1) is 34.4. The van der Waals surface area contributed by atoms with Crippen molar-refractivity contribution in [1.29, 1.82) is 0 Å². The number of hydrogen-bond acceptors (Lipinski definition) is 2. The number of hydrogen-bond donors (Lipinski definition) is 0. The molecule has 0 aromatic heterocycles. The van der Waals surface area contributed by atoms with Crippen molar-refractivity contribution in [3.05, 3.63) is 265 Å². The lowest BCUT2D eigenvalue weighted by Gasteiger charge is -2.31. The van der Waals surface area contributed by atoms with Crippen LogP contribution in [0.15, 0.2) is 243 Å². The molecule has 0 spiro atoms. The number of rotatable bonds is 10. The van der Waals surface area contributed by atoms with E-state index in [0.29, 0.717) is 0 Å². The average molecular weight is 897 g/mol. The number of benzene rings is 12. The first-order valence-electron chi connectivity index (χ1n) is 24.3. The summed E-state index contributed by atoms with van der Waals surface area (Å²) in [6, 6.07) is 89.9. The largest absolute Gasteiger partial charge is 0.310 e. The summed E-state index contributed by atoms with van der Waals surface area (Å²) < 4.78 is 0. The van der Waals surface area contributed by atoms with Crippen molar-refractivity contribution in [3.8, 4) is 44.5 Å². The van der Waals surface area contributed by atoms with Crippen molar-refractivity contribution >= 4 is 66.4 Å². The Morgan fingerprint density at radius 2 is 0.529 bits per heavy atom. The van der Waals surface area contributed by atoms with E-state index in [1.54, 1.807) is 0 Å². The van der Waals surface area contributed by atoms with Gasteiger partial charge in [0.2, 0.25) is 0 Å². The molecule has 0 aliphatic heterocycles. The second-order valence-electron chi connectivity index (χ2n) is 18.8. The maximum Gasteiger partial charge on any atom is 0.0546 e. The Morgan fingerprint density at radius 1 is 0.229 bits per heavy atom. The van der Waals surface area contributed by atoms with Gasteiger partial charge in [-0.2, -0.15) is 0 Å². The van der Waals surface area contributed by atoms with Crippen LogP contribution in [-0.4, -0.2) is 0 Å². The van der Waals surface area contributed by atoms with Crippen molar-refractivity contribution in [1.82, 2.24) is 0 Å². The fourth-order valence-corrected chi connectivity index (χ4v) is 10.9. The Balaban J connectivity index is 1.28. The summed E-state index contributed by atoms with van der Waals surface area (Å²) in [5.74, 6) is 0. The summed E-state index contributed by atoms with van der Waals surface area (Å²) in [7, 11) is 0. The number of nitrogens with zero attached hydrogens (tertiary/aromatic N) is 2. The smallest absolute Gasteiger partial charge is 0.0546 e. The van der Waals surface area contributed by atoms with Crippen molar-refractivity contribution in [2.75, 3.05) is 9.80 Å². The van der Waals surface area contributed by atoms with Gasteiger partial charge in [-0.05, 0) is 166 Å². The van der Waals surface area contributed by atoms with Crippen LogP contribution in [0.3, 0.4) is 0 Å². The zero-order chi connectivity index (χ0) is 47.3. The van der Waals surface area contributed by atoms with Crippen LogP contribution in [-0.2, 0) is 0 Å². The summed E-state index contributed by atoms with van der Waals surface area (Å²) in [5.41, 5.74) is 21.1. The lowest BCUT2D eigenvalue weighted by atomic mass is 9.83. The van der Waals surface area contributed by atoms with Crippen molar-refractivity contribution in [3.63, 3.8) is 0 Å². The molecule has 0 saturated heterocycles. The lowest BCUT2D eigenvalue weighted by Crippen LogP contribution is -2.12. The molecule has 0 unspecified atom stereocenters. The van der Waals surface area contributed by atoms with Gasteiger partial charge in [-0.3, -0.25) is 0 Å². The molecule has 0 aliphatic carbocycles. The van der Waals surface area contributed by atoms with E-state index in [1.165, 1.54) is 99.1 Å². The maximum atomic E-state index is 2.48. The van der Waals surface area contributed by atoms with Crippen molar-refractivity contribution in [2.45, 2.75) is 27.7 Å². The topological polar surface area (TPSA) is 6.48 Å². The molecule has 70 heavy (non-hydrogen) atoms. The second kappa shape index (κ2) is 17.7. The summed E-state index contributed by atoms with van der Waals surface area (Å²) in [4.78, 5) is 4.97. The molecule has 0 amide bonds. The Hall–Kier alpha value is -8.72. The van der Waals surface area contributed by atoms with Crippen LogP contribution in [0.1, 0.15) is 22.3 Å². The van der Waals surface area contributed by atoms with Gasteiger partial charge in [0.25, 0.3) is 0 Å². The summed E-state index contributed by atoms with van der Waals surface area (Å²) in [6.07, 6.45) is 0. The zero-order valence-electron chi connectivity index (χ0n) is 40.0. The van der Waals surface area contributed by atoms with Gasteiger partial charge < -0.3 is 9.80 Å². The molecule has 0 aliphatic rings. The van der Waals surface area contributed by atoms with Gasteiger partial charge in [-0.1, -0.05) is 182 Å². The van der Waals surface area contributed by atoms with Crippen LogP contribution in [0.25, 0.3) is 76.8 Å². The van der Waals surface area contributed by atoms with E-state index in [9.17, 15) is 0 Å². The minimum Gasteiger partial charge on any atom is -0.310 e. The number of anilines is 6. The molecule has 0 fully saturated rings. The van der Waals surface area contributed by atoms with Gasteiger partial charge in [0.15, 0.2) is 0 Å². The number of aryl methyl sites for hydroxylation is 4. The summed E-state index contributed by atoms with van der Waals surface area (Å²) >= 11 is 0. The third-order valence-electron chi connectivity index (χ3n) is 14.0. The molecule has 0 atom stereocenters. The minimum absolute atomic E-state index is 1.12. The first-order valence-corrected chi connectivity index (χ1v) is 24.3. The molecule has 12 aromatic carbocycles. The third kappa shape index (κ3) is 7.55. The molecule has 0 saturated carbocycles. The molecule has 0 N–H and O–H groups in total. The Morgan fingerprint density at radius 3 is 0.857 bits per heavy atom. The van der Waals surface area contributed by atoms with Crippen LogP contribution in [0.2, 0.25) is 0 Å². The zero-order valence-corrected chi connectivity index (χ0v) is 40.0. The standard InChI is InChI=1S/C68H52N2/c1-45-19-15-27-51(39-45)69(52-28-16-20-46(2)40-52)65-43-63(57-33-13-11-31-55(57)49-23-7-5-8-24-49)59-36-38-62-66(70(53-29-17-21-47(3)41-53)54-30-18-22-48(4)42-54)44-64(60-35-37-61(65)67(59)68(60)62)58-34-14-12-32-56(58)50-25-9-6-10-26-50/h5-44H,1-4H3. The molecule has 12 aromatic rings. The van der Waals surface area contributed by atoms with E-state index in [1.807, 2.05) is 0 Å². The van der Waals surface area contributed by atoms with Gasteiger partial charge in [-0.25, -0.2) is 0 Å². The second-order valence-corrected chi connectivity index (χ2v) is 18.8. The summed E-state index contributed by atoms with van der Waals surface area (Å²) in [6.45, 7) is 8.75. The highest BCUT2D eigenvalue weighted by Gasteiger charge is 2.27. The highest BCUT2D eigenvalue weighted by molar-refractivity contribution is 6.33. The molecule has 0 radical (unpaired) electrons. The van der Waals surface area contributed by atoms with Crippen molar-refractivity contribution < 1.29 is 0 Å². The SMILES string of the molecule is Cc1cccc(N(c2cccc(C)c2)c2cc(-c3ccccc3-c3ccccc3)c3ccc4c(N(c5cccc(C)c5)c5cccc(C)c5)cc(-c5ccccc5-c5ccccc5)c5ccc2c3c54)c1. The van der Waals surface area contributed by atoms with Crippen LogP contribution < -0.4 is 9.80 Å². The van der Waals surface area contributed by atoms with Crippen LogP contribution in [0.4, 0.5) is 34.1 Å². The third-order valence-corrected chi connectivity index (χ3v) is 14.0. The van der Waals surface area contributed by atoms with Crippen LogP contribution >= 0.6 is 0 Å². The molecular weight excluding hydrogens is 845 g/mol. The van der Waals surface area contributed by atoms with Gasteiger partial charge >= 0.3 is 0 Å². The molecular formula is C68H52N2. The molecule has 12 rings (SSSR count). The van der Waals surface area contributed by atoms with Gasteiger partial charge in [0, 0.05) is 44.3 Å². The lowest BCUT2D eigenvalue weighted by molar-refractivity contribution is 1.27.